The smallest absolute Gasteiger partial charge is 0.131 e. The number of pyridine rings is 1. The van der Waals surface area contributed by atoms with Gasteiger partial charge in [0, 0.05) is 11.6 Å². The molecule has 0 unspecified atom stereocenters. The molecule has 2 rings (SSSR count). The van der Waals surface area contributed by atoms with Gasteiger partial charge in [-0.3, -0.25) is 0 Å². The van der Waals surface area contributed by atoms with E-state index < -0.39 is 0 Å². The van der Waals surface area contributed by atoms with Gasteiger partial charge in [-0.05, 0) is 30.4 Å². The zero-order valence-electron chi connectivity index (χ0n) is 7.83. The molecule has 0 amide bonds. The maximum atomic E-state index is 5.81. The van der Waals surface area contributed by atoms with E-state index in [9.17, 15) is 0 Å². The van der Waals surface area contributed by atoms with Gasteiger partial charge in [0.1, 0.15) is 5.82 Å². The van der Waals surface area contributed by atoms with Gasteiger partial charge in [-0.25, -0.2) is 4.98 Å². The molecule has 66 valence electrons. The van der Waals surface area contributed by atoms with E-state index >= 15 is 0 Å². The highest BCUT2D eigenvalue weighted by atomic mass is 14.8. The van der Waals surface area contributed by atoms with E-state index in [1.807, 2.05) is 19.2 Å². The number of fused-ring (bicyclic) bond motifs is 1. The third kappa shape index (κ3) is 1.15. The second-order valence-corrected chi connectivity index (χ2v) is 3.32. The minimum Gasteiger partial charge on any atom is -0.383 e. The van der Waals surface area contributed by atoms with Gasteiger partial charge in [-0.15, -0.1) is 0 Å². The summed E-state index contributed by atoms with van der Waals surface area (Å²) in [5, 5.41) is 2.29. The van der Waals surface area contributed by atoms with Crippen LogP contribution in [0.5, 0.6) is 0 Å². The van der Waals surface area contributed by atoms with Gasteiger partial charge in [0.2, 0.25) is 0 Å². The van der Waals surface area contributed by atoms with Gasteiger partial charge >= 0.3 is 0 Å². The van der Waals surface area contributed by atoms with Crippen molar-refractivity contribution in [1.82, 2.24) is 4.98 Å². The number of benzene rings is 1. The Bertz CT molecular complexity index is 453. The first-order valence-corrected chi connectivity index (χ1v) is 4.30. The van der Waals surface area contributed by atoms with Gasteiger partial charge in [0.05, 0.1) is 0 Å². The Hall–Kier alpha value is -1.57. The van der Waals surface area contributed by atoms with Crippen molar-refractivity contribution in [2.24, 2.45) is 0 Å². The molecule has 0 atom stereocenters. The van der Waals surface area contributed by atoms with Crippen LogP contribution in [-0.2, 0) is 0 Å². The molecule has 0 spiro atoms. The molecular formula is C11H12N2. The van der Waals surface area contributed by atoms with Crippen LogP contribution in [0.3, 0.4) is 0 Å². The lowest BCUT2D eigenvalue weighted by atomic mass is 10.0. The highest BCUT2D eigenvalue weighted by Crippen LogP contribution is 2.24. The van der Waals surface area contributed by atoms with Crippen molar-refractivity contribution < 1.29 is 0 Å². The molecule has 0 aliphatic carbocycles. The molecular weight excluding hydrogens is 160 g/mol. The first-order chi connectivity index (χ1) is 6.20. The van der Waals surface area contributed by atoms with E-state index in [4.69, 9.17) is 5.73 Å². The highest BCUT2D eigenvalue weighted by Gasteiger charge is 2.03. The largest absolute Gasteiger partial charge is 0.383 e. The molecule has 0 aliphatic heterocycles. The fourth-order valence-corrected chi connectivity index (χ4v) is 1.64. The Balaban J connectivity index is 3.00. The normalized spacial score (nSPS) is 10.6. The van der Waals surface area contributed by atoms with Gasteiger partial charge < -0.3 is 5.73 Å². The summed E-state index contributed by atoms with van der Waals surface area (Å²) >= 11 is 0. The van der Waals surface area contributed by atoms with E-state index in [2.05, 4.69) is 24.0 Å². The summed E-state index contributed by atoms with van der Waals surface area (Å²) < 4.78 is 0. The lowest BCUT2D eigenvalue weighted by Crippen LogP contribution is -1.94. The molecule has 0 bridgehead atoms. The summed E-state index contributed by atoms with van der Waals surface area (Å²) in [5.74, 6) is 0.624. The molecule has 1 aromatic carbocycles. The summed E-state index contributed by atoms with van der Waals surface area (Å²) in [5.41, 5.74) is 8.18. The monoisotopic (exact) mass is 172 g/mol. The zero-order chi connectivity index (χ0) is 9.42. The predicted octanol–water partition coefficient (Wildman–Crippen LogP) is 2.43. The molecule has 0 radical (unpaired) electrons. The summed E-state index contributed by atoms with van der Waals surface area (Å²) in [6.45, 7) is 4.11. The third-order valence-electron chi connectivity index (χ3n) is 2.35. The van der Waals surface area contributed by atoms with Crippen molar-refractivity contribution in [2.75, 3.05) is 5.73 Å². The fraction of sp³-hybridized carbons (Fsp3) is 0.182. The minimum absolute atomic E-state index is 0.624. The van der Waals surface area contributed by atoms with Crippen molar-refractivity contribution in [3.63, 3.8) is 0 Å². The number of aryl methyl sites for hydroxylation is 2. The lowest BCUT2D eigenvalue weighted by molar-refractivity contribution is 1.31. The number of nitrogens with two attached hydrogens (primary N) is 1. The number of rotatable bonds is 0. The van der Waals surface area contributed by atoms with Crippen molar-refractivity contribution in [1.29, 1.82) is 0 Å². The van der Waals surface area contributed by atoms with Crippen LogP contribution in [0, 0.1) is 13.8 Å². The molecule has 2 nitrogen and oxygen atoms in total. The van der Waals surface area contributed by atoms with Crippen molar-refractivity contribution >= 4 is 16.6 Å². The Kier molecular flexibility index (Phi) is 1.69. The first-order valence-electron chi connectivity index (χ1n) is 4.30. The second-order valence-electron chi connectivity index (χ2n) is 3.32. The fourth-order valence-electron chi connectivity index (χ4n) is 1.64. The average molecular weight is 172 g/mol. The predicted molar refractivity (Wildman–Crippen MR) is 55.6 cm³/mol. The molecule has 2 heteroatoms. The number of hydrogen-bond donors (Lipinski definition) is 1. The lowest BCUT2D eigenvalue weighted by Gasteiger charge is -2.06. The van der Waals surface area contributed by atoms with E-state index in [1.165, 1.54) is 16.5 Å². The Morgan fingerprint density at radius 1 is 1.15 bits per heavy atom. The van der Waals surface area contributed by atoms with E-state index in [-0.39, 0.29) is 0 Å². The summed E-state index contributed by atoms with van der Waals surface area (Å²) in [7, 11) is 0. The molecule has 0 saturated heterocycles. The number of hydrogen-bond acceptors (Lipinski definition) is 2. The second kappa shape index (κ2) is 2.73. The Morgan fingerprint density at radius 3 is 2.62 bits per heavy atom. The Labute approximate surface area is 77.4 Å². The number of nitrogen functional groups attached to an aromatic ring is 1. The van der Waals surface area contributed by atoms with Gasteiger partial charge in [0.25, 0.3) is 0 Å². The molecule has 1 aromatic heterocycles. The molecule has 1 heterocycles. The zero-order valence-corrected chi connectivity index (χ0v) is 7.83. The van der Waals surface area contributed by atoms with Gasteiger partial charge in [-0.2, -0.15) is 0 Å². The van der Waals surface area contributed by atoms with Crippen molar-refractivity contribution in [3.8, 4) is 0 Å². The number of aromatic nitrogens is 1. The molecule has 0 aliphatic rings. The quantitative estimate of drug-likeness (QED) is 0.662. The maximum absolute atomic E-state index is 5.81. The molecule has 2 aromatic rings. The van der Waals surface area contributed by atoms with Crippen LogP contribution in [0.25, 0.3) is 10.8 Å². The van der Waals surface area contributed by atoms with E-state index in [0.717, 1.165) is 5.39 Å². The molecule has 13 heavy (non-hydrogen) atoms. The third-order valence-corrected chi connectivity index (χ3v) is 2.35. The van der Waals surface area contributed by atoms with Gasteiger partial charge in [0.15, 0.2) is 0 Å². The molecule has 0 saturated carbocycles. The van der Waals surface area contributed by atoms with E-state index in [0.29, 0.717) is 5.82 Å². The highest BCUT2D eigenvalue weighted by molar-refractivity contribution is 5.95. The Morgan fingerprint density at radius 2 is 1.92 bits per heavy atom. The summed E-state index contributed by atoms with van der Waals surface area (Å²) in [6.07, 6.45) is 1.82. The number of anilines is 1. The topological polar surface area (TPSA) is 38.9 Å². The molecule has 0 fully saturated rings. The van der Waals surface area contributed by atoms with Crippen LogP contribution in [-0.4, -0.2) is 4.98 Å². The van der Waals surface area contributed by atoms with Crippen LogP contribution < -0.4 is 5.73 Å². The first kappa shape index (κ1) is 8.05. The van der Waals surface area contributed by atoms with Crippen LogP contribution in [0.2, 0.25) is 0 Å². The summed E-state index contributed by atoms with van der Waals surface area (Å²) in [6, 6.07) is 6.18. The van der Waals surface area contributed by atoms with Crippen molar-refractivity contribution in [3.05, 3.63) is 35.5 Å². The van der Waals surface area contributed by atoms with Gasteiger partial charge in [-0.1, -0.05) is 18.2 Å². The van der Waals surface area contributed by atoms with Crippen molar-refractivity contribution in [2.45, 2.75) is 13.8 Å². The average Bonchev–Trinajstić information content (AvgIpc) is 2.12. The van der Waals surface area contributed by atoms with Crippen LogP contribution in [0.15, 0.2) is 24.4 Å². The minimum atomic E-state index is 0.624. The van der Waals surface area contributed by atoms with Crippen LogP contribution in [0.4, 0.5) is 5.82 Å². The summed E-state index contributed by atoms with van der Waals surface area (Å²) in [4.78, 5) is 4.15. The van der Waals surface area contributed by atoms with Crippen LogP contribution >= 0.6 is 0 Å². The number of nitrogens with zero attached hydrogens (tertiary/aromatic N) is 1. The molecule has 2 N–H and O–H groups in total. The van der Waals surface area contributed by atoms with E-state index in [1.54, 1.807) is 0 Å². The SMILES string of the molecule is Cc1cnc(N)c2c(C)cccc12. The van der Waals surface area contributed by atoms with Crippen LogP contribution in [0.1, 0.15) is 11.1 Å². The standard InChI is InChI=1S/C11H12N2/c1-7-4-3-5-9-8(2)6-13-11(12)10(7)9/h3-6H,1-2H3,(H2,12,13). The maximum Gasteiger partial charge on any atom is 0.131 e.